The number of rotatable bonds is 4. The predicted octanol–water partition coefficient (Wildman–Crippen LogP) is 5.53. The van der Waals surface area contributed by atoms with Crippen LogP contribution >= 0.6 is 23.2 Å². The lowest BCUT2D eigenvalue weighted by molar-refractivity contribution is 0.0412. The number of furan rings is 1. The van der Waals surface area contributed by atoms with Crippen molar-refractivity contribution in [1.29, 1.82) is 0 Å². The standard InChI is InChI=1S/C22H16Cl2N2O6/c1-10-3-12(19-15(4-10)26-18(28-2)7-25-19)16-5-13-20(32-16)14(23)6-17-21(13)29-8-11(31-17)9-30-22(24)27/h3-7,11H,8-9H2,1-2H3/t11-/m1/s1. The monoisotopic (exact) mass is 474 g/mol. The van der Waals surface area contributed by atoms with Gasteiger partial charge in [-0.15, -0.1) is 0 Å². The minimum absolute atomic E-state index is 0.0362. The summed E-state index contributed by atoms with van der Waals surface area (Å²) in [6.45, 7) is 2.10. The lowest BCUT2D eigenvalue weighted by Crippen LogP contribution is -2.33. The van der Waals surface area contributed by atoms with Crippen LogP contribution in [0.3, 0.4) is 0 Å². The van der Waals surface area contributed by atoms with Crippen LogP contribution in [0, 0.1) is 6.92 Å². The van der Waals surface area contributed by atoms with E-state index in [-0.39, 0.29) is 13.2 Å². The van der Waals surface area contributed by atoms with Crippen molar-refractivity contribution in [3.05, 3.63) is 41.0 Å². The van der Waals surface area contributed by atoms with Gasteiger partial charge in [-0.05, 0) is 30.7 Å². The Morgan fingerprint density at radius 3 is 2.91 bits per heavy atom. The number of aromatic nitrogens is 2. The maximum Gasteiger partial charge on any atom is 0.403 e. The van der Waals surface area contributed by atoms with Gasteiger partial charge in [0.1, 0.15) is 19.0 Å². The normalized spacial score (nSPS) is 15.2. The smallest absolute Gasteiger partial charge is 0.403 e. The minimum atomic E-state index is -0.904. The van der Waals surface area contributed by atoms with Crippen LogP contribution in [0.1, 0.15) is 5.56 Å². The van der Waals surface area contributed by atoms with Gasteiger partial charge in [-0.25, -0.2) is 14.8 Å². The SMILES string of the molecule is COc1cnc2c(-c3cc4c5c(cc(Cl)c4o3)O[C@@H](COC(=O)Cl)CO5)cc(C)cc2n1. The van der Waals surface area contributed by atoms with Gasteiger partial charge < -0.3 is 23.4 Å². The highest BCUT2D eigenvalue weighted by Gasteiger charge is 2.27. The number of carbonyl (C=O) groups excluding carboxylic acids is 1. The molecule has 4 aromatic rings. The van der Waals surface area contributed by atoms with E-state index in [2.05, 4.69) is 9.97 Å². The molecule has 0 bridgehead atoms. The molecule has 2 aromatic carbocycles. The van der Waals surface area contributed by atoms with Gasteiger partial charge in [0.05, 0.1) is 34.7 Å². The Morgan fingerprint density at radius 1 is 1.28 bits per heavy atom. The Morgan fingerprint density at radius 2 is 2.12 bits per heavy atom. The van der Waals surface area contributed by atoms with Crippen LogP contribution < -0.4 is 14.2 Å². The van der Waals surface area contributed by atoms with Gasteiger partial charge in [-0.3, -0.25) is 0 Å². The summed E-state index contributed by atoms with van der Waals surface area (Å²) in [6, 6.07) is 7.34. The molecule has 2 aromatic heterocycles. The zero-order valence-electron chi connectivity index (χ0n) is 17.0. The number of halogens is 2. The van der Waals surface area contributed by atoms with Gasteiger partial charge in [-0.1, -0.05) is 11.6 Å². The second-order valence-corrected chi connectivity index (χ2v) is 7.95. The molecule has 0 fully saturated rings. The molecular weight excluding hydrogens is 459 g/mol. The average Bonchev–Trinajstić information content (AvgIpc) is 3.22. The number of hydrogen-bond donors (Lipinski definition) is 0. The summed E-state index contributed by atoms with van der Waals surface area (Å²) in [5.74, 6) is 1.91. The van der Waals surface area contributed by atoms with Crippen molar-refractivity contribution in [1.82, 2.24) is 9.97 Å². The summed E-state index contributed by atoms with van der Waals surface area (Å²) in [6.07, 6.45) is 1.06. The van der Waals surface area contributed by atoms with Crippen molar-refractivity contribution in [3.8, 4) is 28.7 Å². The molecule has 164 valence electrons. The molecule has 10 heteroatoms. The molecule has 8 nitrogen and oxygen atoms in total. The Kier molecular flexibility index (Phi) is 5.19. The largest absolute Gasteiger partial charge is 0.485 e. The Labute approximate surface area is 191 Å². The molecule has 0 amide bonds. The van der Waals surface area contributed by atoms with Crippen LogP contribution in [-0.2, 0) is 4.74 Å². The van der Waals surface area contributed by atoms with Gasteiger partial charge in [0.25, 0.3) is 0 Å². The third-order valence-corrected chi connectivity index (χ3v) is 5.40. The molecule has 0 spiro atoms. The van der Waals surface area contributed by atoms with Crippen LogP contribution in [-0.4, -0.2) is 41.8 Å². The maximum atomic E-state index is 10.8. The first-order valence-corrected chi connectivity index (χ1v) is 10.4. The summed E-state index contributed by atoms with van der Waals surface area (Å²) in [4.78, 5) is 19.8. The number of nitrogens with zero attached hydrogens (tertiary/aromatic N) is 2. The summed E-state index contributed by atoms with van der Waals surface area (Å²) in [5.41, 5.74) is 2.66. The number of ether oxygens (including phenoxy) is 4. The van der Waals surface area contributed by atoms with E-state index in [4.69, 9.17) is 46.6 Å². The van der Waals surface area contributed by atoms with Crippen LogP contribution in [0.2, 0.25) is 5.02 Å². The topological polar surface area (TPSA) is 92.9 Å². The van der Waals surface area contributed by atoms with Crippen molar-refractivity contribution in [3.63, 3.8) is 0 Å². The molecule has 0 radical (unpaired) electrons. The number of fused-ring (bicyclic) bond motifs is 4. The van der Waals surface area contributed by atoms with Gasteiger partial charge in [-0.2, -0.15) is 0 Å². The second-order valence-electron chi connectivity index (χ2n) is 7.23. The van der Waals surface area contributed by atoms with Gasteiger partial charge >= 0.3 is 5.43 Å². The van der Waals surface area contributed by atoms with E-state index in [0.717, 1.165) is 11.1 Å². The zero-order chi connectivity index (χ0) is 22.4. The molecule has 1 aliphatic rings. The first-order chi connectivity index (χ1) is 15.4. The number of benzene rings is 2. The van der Waals surface area contributed by atoms with Crippen LogP contribution in [0.4, 0.5) is 4.79 Å². The van der Waals surface area contributed by atoms with Crippen LogP contribution in [0.5, 0.6) is 17.4 Å². The predicted molar refractivity (Wildman–Crippen MR) is 118 cm³/mol. The molecular formula is C22H16Cl2N2O6. The molecule has 0 saturated heterocycles. The fraction of sp³-hybridized carbons (Fsp3) is 0.227. The lowest BCUT2D eigenvalue weighted by atomic mass is 10.1. The molecule has 0 N–H and O–H groups in total. The van der Waals surface area contributed by atoms with Gasteiger partial charge in [0.2, 0.25) is 5.88 Å². The highest BCUT2D eigenvalue weighted by molar-refractivity contribution is 6.61. The number of aryl methyl sites for hydroxylation is 1. The maximum absolute atomic E-state index is 10.8. The summed E-state index contributed by atoms with van der Waals surface area (Å²) in [5, 5.41) is 1.01. The van der Waals surface area contributed by atoms with E-state index in [9.17, 15) is 4.79 Å². The Hall–Kier alpha value is -3.23. The van der Waals surface area contributed by atoms with E-state index >= 15 is 0 Å². The van der Waals surface area contributed by atoms with Crippen molar-refractivity contribution < 1.29 is 28.2 Å². The first kappa shape index (κ1) is 20.7. The molecule has 5 rings (SSSR count). The van der Waals surface area contributed by atoms with Gasteiger partial charge in [0.15, 0.2) is 23.2 Å². The van der Waals surface area contributed by atoms with Crippen molar-refractivity contribution >= 4 is 50.6 Å². The number of carbonyl (C=O) groups is 1. The number of hydrogen-bond acceptors (Lipinski definition) is 8. The summed E-state index contributed by atoms with van der Waals surface area (Å²) in [7, 11) is 1.54. The van der Waals surface area contributed by atoms with Crippen molar-refractivity contribution in [2.45, 2.75) is 13.0 Å². The number of methoxy groups -OCH3 is 1. The highest BCUT2D eigenvalue weighted by Crippen LogP contribution is 2.46. The summed E-state index contributed by atoms with van der Waals surface area (Å²) < 4.78 is 27.9. The fourth-order valence-corrected chi connectivity index (χ4v) is 3.95. The molecule has 0 saturated carbocycles. The lowest BCUT2D eigenvalue weighted by Gasteiger charge is -2.26. The van der Waals surface area contributed by atoms with Crippen molar-refractivity contribution in [2.75, 3.05) is 20.3 Å². The zero-order valence-corrected chi connectivity index (χ0v) is 18.5. The Bertz CT molecular complexity index is 1370. The molecule has 3 heterocycles. The molecule has 0 unspecified atom stereocenters. The van der Waals surface area contributed by atoms with Crippen LogP contribution in [0.15, 0.2) is 34.9 Å². The van der Waals surface area contributed by atoms with E-state index in [1.165, 1.54) is 0 Å². The van der Waals surface area contributed by atoms with E-state index in [1.807, 2.05) is 25.1 Å². The second kappa shape index (κ2) is 8.03. The first-order valence-electron chi connectivity index (χ1n) is 9.62. The third kappa shape index (κ3) is 3.65. The Balaban J connectivity index is 1.59. The van der Waals surface area contributed by atoms with Crippen LogP contribution in [0.25, 0.3) is 33.3 Å². The highest BCUT2D eigenvalue weighted by atomic mass is 35.5. The third-order valence-electron chi connectivity index (χ3n) is 5.01. The van der Waals surface area contributed by atoms with E-state index in [1.54, 1.807) is 19.4 Å². The quantitative estimate of drug-likeness (QED) is 0.356. The van der Waals surface area contributed by atoms with Crippen molar-refractivity contribution in [2.24, 2.45) is 0 Å². The van der Waals surface area contributed by atoms with E-state index in [0.29, 0.717) is 50.2 Å². The average molecular weight is 475 g/mol. The van der Waals surface area contributed by atoms with E-state index < -0.39 is 11.5 Å². The molecule has 0 aliphatic carbocycles. The van der Waals surface area contributed by atoms with Gasteiger partial charge in [0, 0.05) is 23.2 Å². The molecule has 1 aliphatic heterocycles. The molecule has 32 heavy (non-hydrogen) atoms. The minimum Gasteiger partial charge on any atom is -0.485 e. The summed E-state index contributed by atoms with van der Waals surface area (Å²) >= 11 is 11.7. The fourth-order valence-electron chi connectivity index (χ4n) is 3.65. The molecule has 1 atom stereocenters.